The molecule has 11 heteroatoms. The predicted octanol–water partition coefficient (Wildman–Crippen LogP) is -1.48. The van der Waals surface area contributed by atoms with Crippen molar-refractivity contribution in [2.75, 3.05) is 34.5 Å². The van der Waals surface area contributed by atoms with Gasteiger partial charge >= 0.3 is 7.82 Å². The largest absolute Gasteiger partial charge is 0.475 e. The molecule has 2 rings (SSSR count). The van der Waals surface area contributed by atoms with Gasteiger partial charge in [0.2, 0.25) is 0 Å². The van der Waals surface area contributed by atoms with Gasteiger partial charge in [-0.2, -0.15) is 0 Å². The predicted molar refractivity (Wildman–Crippen MR) is 82.5 cm³/mol. The van der Waals surface area contributed by atoms with Crippen LogP contribution in [0.2, 0.25) is 0 Å². The van der Waals surface area contributed by atoms with Crippen LogP contribution in [-0.4, -0.2) is 86.7 Å². The molecule has 0 aromatic heterocycles. The quantitative estimate of drug-likeness (QED) is 0.411. The second-order valence-corrected chi connectivity index (χ2v) is 7.08. The zero-order chi connectivity index (χ0) is 16.3. The molecule has 8 nitrogen and oxygen atoms in total. The van der Waals surface area contributed by atoms with Crippen molar-refractivity contribution >= 4 is 23.5 Å². The molecule has 0 saturated carbocycles. The number of ether oxygens (including phenoxy) is 4. The van der Waals surface area contributed by atoms with Gasteiger partial charge in [0.25, 0.3) is 0 Å². The van der Waals surface area contributed by atoms with E-state index in [9.17, 15) is 4.57 Å². The lowest BCUT2D eigenvalue weighted by Crippen LogP contribution is -2.37. The average Bonchev–Trinajstić information content (AvgIpc) is 3.02. The Morgan fingerprint density at radius 2 is 1.50 bits per heavy atom. The van der Waals surface area contributed by atoms with Crippen molar-refractivity contribution in [3.05, 3.63) is 0 Å². The SMILES string of the molecule is B[C@@H]1OC[C@@H](OC)C1OP(=O)(OC)O[C@@H]1CO[C@@H](B)C1OC. The van der Waals surface area contributed by atoms with Gasteiger partial charge in [0, 0.05) is 21.3 Å². The van der Waals surface area contributed by atoms with Crippen molar-refractivity contribution < 1.29 is 37.1 Å². The van der Waals surface area contributed by atoms with Crippen LogP contribution in [0.5, 0.6) is 0 Å². The summed E-state index contributed by atoms with van der Waals surface area (Å²) in [5, 5.41) is 0. The first-order valence-electron chi connectivity index (χ1n) is 7.25. The van der Waals surface area contributed by atoms with Crippen LogP contribution in [0.1, 0.15) is 0 Å². The summed E-state index contributed by atoms with van der Waals surface area (Å²) in [6, 6.07) is -0.422. The molecule has 0 N–H and O–H groups in total. The lowest BCUT2D eigenvalue weighted by molar-refractivity contribution is -0.0239. The van der Waals surface area contributed by atoms with Crippen molar-refractivity contribution in [3.8, 4) is 0 Å². The maximum absolute atomic E-state index is 12.8. The molecule has 2 aliphatic heterocycles. The molecular weight excluding hydrogens is 313 g/mol. The summed E-state index contributed by atoms with van der Waals surface area (Å²) >= 11 is 0. The minimum Gasteiger partial charge on any atom is -0.382 e. The second kappa shape index (κ2) is 7.77. The standard InChI is InChI=1S/C11H23B2O8P/c1-15-6-4-18-11(13)9(6)21-22(14,17-3)20-7-5-19-10(12)8(7)16-2/h6-11H,4-5,12-13H2,1-3H3/t6-,7-,8?,9?,10-,11-,22?/m1/s1. The Kier molecular flexibility index (Phi) is 6.50. The molecule has 2 heterocycles. The minimum absolute atomic E-state index is 0.152. The first-order valence-corrected chi connectivity index (χ1v) is 8.71. The number of phosphoric acid groups is 1. The molecule has 0 radical (unpaired) electrons. The Bertz CT molecular complexity index is 414. The Morgan fingerprint density at radius 3 is 2.05 bits per heavy atom. The van der Waals surface area contributed by atoms with E-state index in [1.54, 1.807) is 14.2 Å². The van der Waals surface area contributed by atoms with Crippen LogP contribution in [0.3, 0.4) is 0 Å². The van der Waals surface area contributed by atoms with Gasteiger partial charge in [-0.1, -0.05) is 0 Å². The fourth-order valence-corrected chi connectivity index (χ4v) is 4.03. The third-order valence-electron chi connectivity index (χ3n) is 4.02. The van der Waals surface area contributed by atoms with E-state index >= 15 is 0 Å². The van der Waals surface area contributed by atoms with Crippen LogP contribution in [0.25, 0.3) is 0 Å². The summed E-state index contributed by atoms with van der Waals surface area (Å²) in [5.41, 5.74) is 0. The number of rotatable bonds is 7. The molecule has 0 aliphatic carbocycles. The van der Waals surface area contributed by atoms with Gasteiger partial charge in [-0.15, -0.1) is 0 Å². The van der Waals surface area contributed by atoms with Crippen LogP contribution < -0.4 is 0 Å². The van der Waals surface area contributed by atoms with Gasteiger partial charge in [-0.3, -0.25) is 13.6 Å². The molecule has 0 spiro atoms. The average molecular weight is 336 g/mol. The zero-order valence-corrected chi connectivity index (χ0v) is 14.5. The fraction of sp³-hybridized carbons (Fsp3) is 1.00. The molecular formula is C11H23B2O8P. The van der Waals surface area contributed by atoms with E-state index in [1.807, 2.05) is 15.7 Å². The van der Waals surface area contributed by atoms with Crippen molar-refractivity contribution in [2.45, 2.75) is 36.4 Å². The molecule has 2 aliphatic rings. The number of hydrogen-bond acceptors (Lipinski definition) is 8. The lowest BCUT2D eigenvalue weighted by Gasteiger charge is -2.28. The van der Waals surface area contributed by atoms with Crippen LogP contribution in [0.4, 0.5) is 0 Å². The third kappa shape index (κ3) is 3.94. The van der Waals surface area contributed by atoms with E-state index in [0.717, 1.165) is 0 Å². The van der Waals surface area contributed by atoms with E-state index in [1.165, 1.54) is 7.11 Å². The van der Waals surface area contributed by atoms with Gasteiger partial charge in [0.1, 0.15) is 40.1 Å². The first kappa shape index (κ1) is 18.4. The van der Waals surface area contributed by atoms with E-state index < -0.39 is 20.0 Å². The molecule has 22 heavy (non-hydrogen) atoms. The van der Waals surface area contributed by atoms with E-state index in [2.05, 4.69) is 0 Å². The fourth-order valence-electron chi connectivity index (χ4n) is 2.69. The summed E-state index contributed by atoms with van der Waals surface area (Å²) in [7, 11) is 4.29. The number of methoxy groups -OCH3 is 2. The first-order chi connectivity index (χ1) is 10.4. The Labute approximate surface area is 132 Å². The highest BCUT2D eigenvalue weighted by molar-refractivity contribution is 7.48. The van der Waals surface area contributed by atoms with Gasteiger partial charge in [-0.05, 0) is 0 Å². The van der Waals surface area contributed by atoms with Crippen LogP contribution in [-0.2, 0) is 37.1 Å². The van der Waals surface area contributed by atoms with E-state index in [-0.39, 0.29) is 30.8 Å². The number of phosphoric ester groups is 1. The summed E-state index contributed by atoms with van der Waals surface area (Å²) in [6.07, 6.45) is -1.71. The highest BCUT2D eigenvalue weighted by Crippen LogP contribution is 2.53. The van der Waals surface area contributed by atoms with Crippen LogP contribution in [0.15, 0.2) is 0 Å². The normalized spacial score (nSPS) is 41.6. The van der Waals surface area contributed by atoms with Gasteiger partial charge in [0.15, 0.2) is 0 Å². The topological polar surface area (TPSA) is 81.7 Å². The van der Waals surface area contributed by atoms with Gasteiger partial charge in [-0.25, -0.2) is 4.57 Å². The summed E-state index contributed by atoms with van der Waals surface area (Å²) in [5.74, 6) is 0. The monoisotopic (exact) mass is 336 g/mol. The Balaban J connectivity index is 2.04. The highest BCUT2D eigenvalue weighted by atomic mass is 31.2. The molecule has 3 unspecified atom stereocenters. The van der Waals surface area contributed by atoms with Crippen molar-refractivity contribution in [1.29, 1.82) is 0 Å². The Hall–Kier alpha value is 0.0799. The molecule has 126 valence electrons. The summed E-state index contributed by atoms with van der Waals surface area (Å²) in [4.78, 5) is 0. The molecule has 2 fully saturated rings. The van der Waals surface area contributed by atoms with Crippen LogP contribution in [0, 0.1) is 0 Å². The maximum Gasteiger partial charge on any atom is 0.475 e. The molecule has 0 amide bonds. The van der Waals surface area contributed by atoms with Crippen molar-refractivity contribution in [3.63, 3.8) is 0 Å². The van der Waals surface area contributed by atoms with Gasteiger partial charge in [0.05, 0.1) is 25.2 Å². The molecule has 0 aromatic carbocycles. The smallest absolute Gasteiger partial charge is 0.382 e. The number of hydrogen-bond donors (Lipinski definition) is 0. The maximum atomic E-state index is 12.8. The second-order valence-electron chi connectivity index (χ2n) is 5.40. The third-order valence-corrected chi connectivity index (χ3v) is 5.50. The molecule has 2 saturated heterocycles. The molecule has 0 bridgehead atoms. The van der Waals surface area contributed by atoms with E-state index in [4.69, 9.17) is 32.5 Å². The van der Waals surface area contributed by atoms with E-state index in [0.29, 0.717) is 6.61 Å². The summed E-state index contributed by atoms with van der Waals surface area (Å²) < 4.78 is 50.5. The van der Waals surface area contributed by atoms with Crippen LogP contribution >= 0.6 is 7.82 Å². The molecule has 0 aromatic rings. The molecule has 7 atom stereocenters. The van der Waals surface area contributed by atoms with Crippen molar-refractivity contribution in [2.24, 2.45) is 0 Å². The van der Waals surface area contributed by atoms with Crippen molar-refractivity contribution in [1.82, 2.24) is 0 Å². The van der Waals surface area contributed by atoms with Gasteiger partial charge < -0.3 is 18.9 Å². The lowest BCUT2D eigenvalue weighted by atomic mass is 9.94. The Morgan fingerprint density at radius 1 is 0.909 bits per heavy atom. The minimum atomic E-state index is -3.78. The summed E-state index contributed by atoms with van der Waals surface area (Å²) in [6.45, 7) is 0.636. The zero-order valence-electron chi connectivity index (χ0n) is 13.6. The highest BCUT2D eigenvalue weighted by Gasteiger charge is 2.46.